The molecule has 1 aromatic heterocycles. The minimum absolute atomic E-state index is 0.0140. The zero-order valence-corrected chi connectivity index (χ0v) is 45.2. The van der Waals surface area contributed by atoms with Crippen molar-refractivity contribution in [3.63, 3.8) is 0 Å². The van der Waals surface area contributed by atoms with E-state index in [0.717, 1.165) is 44.8 Å². The van der Waals surface area contributed by atoms with Gasteiger partial charge in [-0.15, -0.1) is 6.58 Å². The van der Waals surface area contributed by atoms with Gasteiger partial charge in [0.1, 0.15) is 10.2 Å². The van der Waals surface area contributed by atoms with E-state index in [1.54, 1.807) is 91.0 Å². The molecule has 3 saturated heterocycles. The number of halogens is 1. The number of hydrogen-bond donors (Lipinski definition) is 4. The zero-order valence-electron chi connectivity index (χ0n) is 38.7. The molecule has 0 aliphatic carbocycles. The topological polar surface area (TPSA) is 194 Å². The van der Waals surface area contributed by atoms with Gasteiger partial charge in [0.2, 0.25) is 0 Å². The Morgan fingerprint density at radius 3 is 1.66 bits per heavy atom. The van der Waals surface area contributed by atoms with Crippen LogP contribution in [0.2, 0.25) is 0 Å². The molecule has 376 valence electrons. The lowest BCUT2D eigenvalue weighted by molar-refractivity contribution is -0.380. The number of carbonyl (C=O) groups is 3. The average molecular weight is 1170 g/mol. The normalized spacial score (nSPS) is 16.0. The van der Waals surface area contributed by atoms with Crippen molar-refractivity contribution >= 4 is 159 Å². The molecule has 3 amide bonds. The number of phenols is 1. The molecule has 0 unspecified atom stereocenters. The third kappa shape index (κ3) is 13.1. The maximum atomic E-state index is 12.8. The van der Waals surface area contributed by atoms with Crippen LogP contribution in [0.3, 0.4) is 0 Å². The lowest BCUT2D eigenvalue weighted by atomic mass is 10.1. The number of aliphatic hydroxyl groups is 3. The van der Waals surface area contributed by atoms with Crippen molar-refractivity contribution in [3.05, 3.63) is 208 Å². The van der Waals surface area contributed by atoms with Gasteiger partial charge in [0.15, 0.2) is 14.4 Å². The summed E-state index contributed by atoms with van der Waals surface area (Å²) in [6.07, 6.45) is 7.21. The van der Waals surface area contributed by atoms with Crippen molar-refractivity contribution in [1.29, 1.82) is 0 Å². The summed E-state index contributed by atoms with van der Waals surface area (Å²) in [4.78, 5) is 54.2. The fourth-order valence-corrected chi connectivity index (χ4v) is 11.6. The molecular formula is C53H41BrN4O10S6. The Morgan fingerprint density at radius 1 is 0.689 bits per heavy atom. The van der Waals surface area contributed by atoms with Gasteiger partial charge in [-0.1, -0.05) is 150 Å². The Kier molecular flexibility index (Phi) is 18.8. The van der Waals surface area contributed by atoms with E-state index in [-0.39, 0.29) is 53.3 Å². The van der Waals surface area contributed by atoms with Crippen molar-refractivity contribution in [1.82, 2.24) is 0 Å². The van der Waals surface area contributed by atoms with E-state index in [4.69, 9.17) is 56.7 Å². The van der Waals surface area contributed by atoms with Crippen LogP contribution in [-0.2, 0) is 45.4 Å². The number of thioether (sulfide) groups is 2. The Bertz CT molecular complexity index is 3300. The lowest BCUT2D eigenvalue weighted by Gasteiger charge is -2.14. The Hall–Kier alpha value is -6.50. The van der Waals surface area contributed by atoms with Crippen molar-refractivity contribution < 1.29 is 44.5 Å². The van der Waals surface area contributed by atoms with Crippen molar-refractivity contribution in [3.8, 4) is 5.75 Å². The first kappa shape index (κ1) is 55.3. The highest BCUT2D eigenvalue weighted by molar-refractivity contribution is 9.10. The van der Waals surface area contributed by atoms with Crippen LogP contribution >= 0.6 is 87.4 Å². The van der Waals surface area contributed by atoms with Gasteiger partial charge in [-0.2, -0.15) is 0 Å². The van der Waals surface area contributed by atoms with E-state index in [0.29, 0.717) is 56.7 Å². The van der Waals surface area contributed by atoms with Gasteiger partial charge in [-0.25, -0.2) is 4.90 Å². The molecule has 9 rings (SSSR count). The van der Waals surface area contributed by atoms with E-state index < -0.39 is 10.8 Å². The summed E-state index contributed by atoms with van der Waals surface area (Å²) < 4.78 is 6.63. The first-order valence-electron chi connectivity index (χ1n) is 21.9. The number of phenolic OH excluding ortho intramolecular Hbond substituents is 1. The van der Waals surface area contributed by atoms with E-state index in [9.17, 15) is 29.6 Å². The standard InChI is InChI=1S/C20H17NO3S2.C18H15NO2S2.C15H9BrN2O5S2/c1-2-4-14-5-3-6-15(18(14)23)11-17-19(24)21(20(25)26-17)16-9-7-13(12-22)8-10-16;1-12-3-2-4-14(9-12)10-16-17(21)19(18(22)23-16)15-7-5-13(11-20)6-8-15;16-11-5-10(25-14(11)18(21)22)6-12-13(20)17(15(24)23-12)9-3-1-8(7-19)2-4-9/h2-3,5-11,22-23H,1,4,12H2;2-10,20H,11H2,1H3;1-6,19H,7H2/b17-11-;16-10-;12-6+. The molecule has 0 bridgehead atoms. The number of allylic oxidation sites excluding steroid dienone is 1. The molecule has 0 radical (unpaired) electrons. The number of amides is 3. The third-order valence-corrected chi connectivity index (χ3v) is 15.6. The first-order chi connectivity index (χ1) is 35.5. The summed E-state index contributed by atoms with van der Waals surface area (Å²) in [6, 6.07) is 35.8. The Labute approximate surface area is 461 Å². The van der Waals surface area contributed by atoms with Gasteiger partial charge in [-0.3, -0.25) is 34.3 Å². The summed E-state index contributed by atoms with van der Waals surface area (Å²) in [5.41, 5.74) is 7.60. The molecule has 3 aliphatic heterocycles. The number of anilines is 3. The molecule has 4 N–H and O–H groups in total. The van der Waals surface area contributed by atoms with Gasteiger partial charge >= 0.3 is 10.9 Å². The molecule has 5 aromatic carbocycles. The number of benzene rings is 5. The van der Waals surface area contributed by atoms with E-state index >= 15 is 0 Å². The van der Waals surface area contributed by atoms with Crippen molar-refractivity contribution in [2.45, 2.75) is 33.2 Å². The quantitative estimate of drug-likeness (QED) is 0.0297. The van der Waals surface area contributed by atoms with E-state index in [1.807, 2.05) is 49.4 Å². The second-order valence-electron chi connectivity index (χ2n) is 15.8. The number of aryl methyl sites for hydroxylation is 1. The number of hydrogen-bond acceptors (Lipinski definition) is 16. The number of aromatic hydroxyl groups is 1. The van der Waals surface area contributed by atoms with Crippen LogP contribution in [0.4, 0.5) is 22.1 Å². The fourth-order valence-electron chi connectivity index (χ4n) is 7.12. The van der Waals surface area contributed by atoms with Crippen LogP contribution in [0.15, 0.2) is 154 Å². The summed E-state index contributed by atoms with van der Waals surface area (Å²) >= 11 is 22.4. The lowest BCUT2D eigenvalue weighted by Crippen LogP contribution is -2.28. The van der Waals surface area contributed by atoms with Gasteiger partial charge in [0, 0.05) is 16.5 Å². The number of rotatable bonds is 12. The van der Waals surface area contributed by atoms with E-state index in [1.165, 1.54) is 50.4 Å². The maximum Gasteiger partial charge on any atom is 0.338 e. The van der Waals surface area contributed by atoms with Crippen LogP contribution in [0.25, 0.3) is 18.2 Å². The van der Waals surface area contributed by atoms with Crippen molar-refractivity contribution in [2.75, 3.05) is 14.7 Å². The van der Waals surface area contributed by atoms with Crippen LogP contribution in [-0.4, -0.2) is 56.9 Å². The number of para-hydroxylation sites is 1. The predicted octanol–water partition coefficient (Wildman–Crippen LogP) is 11.5. The SMILES string of the molecule is C=CCc1cccc(/C=C2\SC(=S)N(c3ccc(CO)cc3)C2=O)c1O.Cc1cccc(/C=C2\SC(=S)N(c3ccc(CO)cc3)C2=O)c1.O=C1/C(=C\c2cc(Br)c([N+](=O)[O-])s2)OC(=S)N1c1ccc(CO)cc1. The Balaban J connectivity index is 0.000000162. The molecule has 0 saturated carbocycles. The predicted molar refractivity (Wildman–Crippen MR) is 309 cm³/mol. The zero-order chi connectivity index (χ0) is 53.2. The van der Waals surface area contributed by atoms with Gasteiger partial charge in [0.05, 0.1) is 51.6 Å². The molecule has 4 heterocycles. The van der Waals surface area contributed by atoms with Crippen LogP contribution in [0.5, 0.6) is 5.75 Å². The van der Waals surface area contributed by atoms with Crippen LogP contribution in [0.1, 0.15) is 43.8 Å². The molecule has 3 aliphatic rings. The summed E-state index contributed by atoms with van der Waals surface area (Å²) in [7, 11) is 0. The number of thiophene rings is 1. The highest BCUT2D eigenvalue weighted by Crippen LogP contribution is 2.40. The number of nitro groups is 1. The molecule has 3 fully saturated rings. The molecular weight excluding hydrogens is 1120 g/mol. The second-order valence-corrected chi connectivity index (χ2v) is 21.5. The molecule has 6 aromatic rings. The summed E-state index contributed by atoms with van der Waals surface area (Å²) in [5, 5.41) is 48.5. The van der Waals surface area contributed by atoms with Gasteiger partial charge in [0.25, 0.3) is 17.0 Å². The number of thiocarbonyl (C=S) groups is 3. The Morgan fingerprint density at radius 2 is 1.19 bits per heavy atom. The summed E-state index contributed by atoms with van der Waals surface area (Å²) in [6.45, 7) is 5.52. The van der Waals surface area contributed by atoms with E-state index in [2.05, 4.69) is 22.5 Å². The van der Waals surface area contributed by atoms with Gasteiger partial charge < -0.3 is 25.2 Å². The number of aliphatic hydroxyl groups excluding tert-OH is 3. The number of ether oxygens (including phenoxy) is 1. The molecule has 74 heavy (non-hydrogen) atoms. The molecule has 21 heteroatoms. The fraction of sp³-hybridized carbons (Fsp3) is 0.0943. The van der Waals surface area contributed by atoms with Gasteiger partial charge in [-0.05, 0) is 124 Å². The highest BCUT2D eigenvalue weighted by atomic mass is 79.9. The summed E-state index contributed by atoms with van der Waals surface area (Å²) in [5.74, 6) is -0.678. The highest BCUT2D eigenvalue weighted by Gasteiger charge is 2.36. The number of nitrogens with zero attached hydrogens (tertiary/aromatic N) is 4. The van der Waals surface area contributed by atoms with Crippen LogP contribution in [0, 0.1) is 17.0 Å². The minimum atomic E-state index is -0.506. The smallest absolute Gasteiger partial charge is 0.338 e. The monoisotopic (exact) mass is 1160 g/mol. The second kappa shape index (κ2) is 25.2. The van der Waals surface area contributed by atoms with Crippen LogP contribution < -0.4 is 14.7 Å². The number of carbonyl (C=O) groups excluding carboxylic acids is 3. The maximum absolute atomic E-state index is 12.8. The largest absolute Gasteiger partial charge is 0.507 e. The molecule has 14 nitrogen and oxygen atoms in total. The third-order valence-electron chi connectivity index (χ3n) is 10.8. The molecule has 0 spiro atoms. The first-order valence-corrected chi connectivity index (χ1v) is 26.4. The minimum Gasteiger partial charge on any atom is -0.507 e. The molecule has 0 atom stereocenters. The average Bonchev–Trinajstić information content (AvgIpc) is 4.08. The van der Waals surface area contributed by atoms with Crippen molar-refractivity contribution in [2.24, 2.45) is 0 Å².